The number of halogens is 4. The highest BCUT2D eigenvalue weighted by Gasteiger charge is 2.39. The van der Waals surface area contributed by atoms with Gasteiger partial charge in [0.15, 0.2) is 0 Å². The predicted octanol–water partition coefficient (Wildman–Crippen LogP) is 3.79. The van der Waals surface area contributed by atoms with Crippen LogP contribution in [0.5, 0.6) is 0 Å². The summed E-state index contributed by atoms with van der Waals surface area (Å²) in [6.45, 7) is 4.05. The fraction of sp³-hybridized carbons (Fsp3) is 0.500. The second kappa shape index (κ2) is 5.82. The number of hydrogen-bond acceptors (Lipinski definition) is 3. The van der Waals surface area contributed by atoms with Crippen LogP contribution in [0.2, 0.25) is 0 Å². The molecule has 2 rings (SSSR count). The van der Waals surface area contributed by atoms with Crippen LogP contribution in [0, 0.1) is 0 Å². The largest absolute Gasteiger partial charge is 0.407 e. The van der Waals surface area contributed by atoms with Gasteiger partial charge in [0.1, 0.15) is 16.3 Å². The molecule has 1 unspecified atom stereocenters. The van der Waals surface area contributed by atoms with Crippen LogP contribution in [0.3, 0.4) is 0 Å². The summed E-state index contributed by atoms with van der Waals surface area (Å²) < 4.78 is 46.4. The van der Waals surface area contributed by atoms with Crippen LogP contribution >= 0.6 is 15.9 Å². The van der Waals surface area contributed by atoms with Crippen molar-refractivity contribution in [2.24, 2.45) is 5.73 Å². The summed E-state index contributed by atoms with van der Waals surface area (Å²) in [7, 11) is 1.55. The highest BCUT2D eigenvalue weighted by atomic mass is 79.9. The van der Waals surface area contributed by atoms with E-state index < -0.39 is 17.8 Å². The van der Waals surface area contributed by atoms with Gasteiger partial charge in [-0.05, 0) is 41.9 Å². The first-order valence-corrected chi connectivity index (χ1v) is 7.37. The molecule has 0 aliphatic carbocycles. The minimum atomic E-state index is -4.51. The molecule has 0 aliphatic heterocycles. The molecule has 22 heavy (non-hydrogen) atoms. The SMILES string of the molecule is COC(C)(C)Cn1cc(C(N)C(F)(F)F)c2ccc(Br)nc21. The zero-order chi connectivity index (χ0) is 16.7. The topological polar surface area (TPSA) is 53.1 Å². The first-order chi connectivity index (χ1) is 10.0. The molecular weight excluding hydrogens is 363 g/mol. The Morgan fingerprint density at radius 2 is 2.00 bits per heavy atom. The van der Waals surface area contributed by atoms with E-state index in [0.29, 0.717) is 22.2 Å². The van der Waals surface area contributed by atoms with Gasteiger partial charge in [0.25, 0.3) is 0 Å². The average Bonchev–Trinajstić information content (AvgIpc) is 2.74. The lowest BCUT2D eigenvalue weighted by molar-refractivity contribution is -0.148. The summed E-state index contributed by atoms with van der Waals surface area (Å²) in [6.07, 6.45) is -3.11. The molecule has 4 nitrogen and oxygen atoms in total. The van der Waals surface area contributed by atoms with Crippen molar-refractivity contribution in [2.45, 2.75) is 38.2 Å². The standard InChI is InChI=1S/C14H17BrF3N3O/c1-13(2,22-3)7-21-6-9(11(19)14(16,17)18)8-4-5-10(15)20-12(8)21/h4-6,11H,7,19H2,1-3H3. The van der Waals surface area contributed by atoms with Crippen molar-refractivity contribution >= 4 is 27.0 Å². The van der Waals surface area contributed by atoms with E-state index in [1.165, 1.54) is 6.20 Å². The smallest absolute Gasteiger partial charge is 0.377 e. The molecule has 0 aliphatic rings. The van der Waals surface area contributed by atoms with Gasteiger partial charge in [0, 0.05) is 24.3 Å². The Hall–Kier alpha value is -1.12. The molecule has 0 amide bonds. The van der Waals surface area contributed by atoms with Crippen molar-refractivity contribution in [1.82, 2.24) is 9.55 Å². The molecule has 8 heteroatoms. The molecule has 0 radical (unpaired) electrons. The second-order valence-corrected chi connectivity index (χ2v) is 6.51. The van der Waals surface area contributed by atoms with Crippen LogP contribution < -0.4 is 5.73 Å². The highest BCUT2D eigenvalue weighted by molar-refractivity contribution is 9.10. The van der Waals surface area contributed by atoms with Crippen molar-refractivity contribution in [3.8, 4) is 0 Å². The van der Waals surface area contributed by atoms with E-state index in [4.69, 9.17) is 10.5 Å². The molecule has 122 valence electrons. The normalized spacial score (nSPS) is 14.5. The maximum absolute atomic E-state index is 13.0. The molecule has 1 atom stereocenters. The molecular formula is C14H17BrF3N3O. The van der Waals surface area contributed by atoms with E-state index in [2.05, 4.69) is 20.9 Å². The fourth-order valence-corrected chi connectivity index (χ4v) is 2.49. The maximum Gasteiger partial charge on any atom is 0.407 e. The number of nitrogens with zero attached hydrogens (tertiary/aromatic N) is 2. The Kier molecular flexibility index (Phi) is 4.56. The highest BCUT2D eigenvalue weighted by Crippen LogP contribution is 2.36. The number of hydrogen-bond donors (Lipinski definition) is 1. The van der Waals surface area contributed by atoms with Crippen LogP contribution in [0.1, 0.15) is 25.5 Å². The number of fused-ring (bicyclic) bond motifs is 1. The molecule has 0 fully saturated rings. The van der Waals surface area contributed by atoms with E-state index in [0.717, 1.165) is 0 Å². The van der Waals surface area contributed by atoms with Gasteiger partial charge >= 0.3 is 6.18 Å². The lowest BCUT2D eigenvalue weighted by Gasteiger charge is -2.23. The molecule has 0 saturated heterocycles. The van der Waals surface area contributed by atoms with Crippen molar-refractivity contribution in [3.63, 3.8) is 0 Å². The average molecular weight is 380 g/mol. The number of alkyl halides is 3. The van der Waals surface area contributed by atoms with E-state index in [1.54, 1.807) is 23.8 Å². The third kappa shape index (κ3) is 3.44. The number of rotatable bonds is 4. The summed E-state index contributed by atoms with van der Waals surface area (Å²) in [4.78, 5) is 4.28. The van der Waals surface area contributed by atoms with Gasteiger partial charge in [0.05, 0.1) is 12.1 Å². The molecule has 2 aromatic heterocycles. The van der Waals surface area contributed by atoms with E-state index in [9.17, 15) is 13.2 Å². The van der Waals surface area contributed by atoms with E-state index in [-0.39, 0.29) is 5.56 Å². The van der Waals surface area contributed by atoms with E-state index in [1.807, 2.05) is 13.8 Å². The predicted molar refractivity (Wildman–Crippen MR) is 81.5 cm³/mol. The molecule has 0 aromatic carbocycles. The summed E-state index contributed by atoms with van der Waals surface area (Å²) >= 11 is 3.24. The molecule has 2 aromatic rings. The number of aromatic nitrogens is 2. The van der Waals surface area contributed by atoms with Crippen molar-refractivity contribution in [1.29, 1.82) is 0 Å². The van der Waals surface area contributed by atoms with Crippen molar-refractivity contribution < 1.29 is 17.9 Å². The van der Waals surface area contributed by atoms with Gasteiger partial charge in [-0.25, -0.2) is 4.98 Å². The number of pyridine rings is 1. The van der Waals surface area contributed by atoms with Crippen molar-refractivity contribution in [3.05, 3.63) is 28.5 Å². The van der Waals surface area contributed by atoms with Crippen LogP contribution in [0.25, 0.3) is 11.0 Å². The van der Waals surface area contributed by atoms with Gasteiger partial charge in [-0.1, -0.05) is 0 Å². The second-order valence-electron chi connectivity index (χ2n) is 5.70. The lowest BCUT2D eigenvalue weighted by Crippen LogP contribution is -2.29. The van der Waals surface area contributed by atoms with Crippen LogP contribution in [0.15, 0.2) is 22.9 Å². The van der Waals surface area contributed by atoms with Crippen LogP contribution in [-0.4, -0.2) is 28.4 Å². The first kappa shape index (κ1) is 17.2. The summed E-state index contributed by atoms with van der Waals surface area (Å²) in [5, 5.41) is 0.389. The monoisotopic (exact) mass is 379 g/mol. The fourth-order valence-electron chi connectivity index (χ4n) is 2.19. The molecule has 0 spiro atoms. The molecule has 2 N–H and O–H groups in total. The third-order valence-electron chi connectivity index (χ3n) is 3.51. The molecule has 0 bridgehead atoms. The first-order valence-electron chi connectivity index (χ1n) is 6.58. The van der Waals surface area contributed by atoms with Gasteiger partial charge in [-0.2, -0.15) is 13.2 Å². The van der Waals surface area contributed by atoms with Crippen molar-refractivity contribution in [2.75, 3.05) is 7.11 Å². The zero-order valence-corrected chi connectivity index (χ0v) is 14.0. The number of methoxy groups -OCH3 is 1. The van der Waals surface area contributed by atoms with Gasteiger partial charge in [-0.3, -0.25) is 0 Å². The van der Waals surface area contributed by atoms with Crippen LogP contribution in [-0.2, 0) is 11.3 Å². The number of ether oxygens (including phenoxy) is 1. The Morgan fingerprint density at radius 3 is 2.55 bits per heavy atom. The lowest BCUT2D eigenvalue weighted by atomic mass is 10.1. The quantitative estimate of drug-likeness (QED) is 0.822. The third-order valence-corrected chi connectivity index (χ3v) is 3.95. The van der Waals surface area contributed by atoms with Gasteiger partial charge < -0.3 is 15.0 Å². The summed E-state index contributed by atoms with van der Waals surface area (Å²) in [5.74, 6) is 0. The van der Waals surface area contributed by atoms with Crippen LogP contribution in [0.4, 0.5) is 13.2 Å². The minimum Gasteiger partial charge on any atom is -0.377 e. The summed E-state index contributed by atoms with van der Waals surface area (Å²) in [6, 6.07) is 1.13. The molecule has 2 heterocycles. The van der Waals surface area contributed by atoms with Gasteiger partial charge in [-0.15, -0.1) is 0 Å². The Balaban J connectivity index is 2.60. The summed E-state index contributed by atoms with van der Waals surface area (Å²) in [5.41, 5.74) is 5.28. The number of nitrogens with two attached hydrogens (primary N) is 1. The zero-order valence-electron chi connectivity index (χ0n) is 12.4. The Morgan fingerprint density at radius 1 is 1.36 bits per heavy atom. The minimum absolute atomic E-state index is 0.00871. The molecule has 0 saturated carbocycles. The van der Waals surface area contributed by atoms with E-state index >= 15 is 0 Å². The Labute approximate surface area is 134 Å². The van der Waals surface area contributed by atoms with Gasteiger partial charge in [0.2, 0.25) is 0 Å². The Bertz CT molecular complexity index is 682. The maximum atomic E-state index is 13.0.